The van der Waals surface area contributed by atoms with Gasteiger partial charge in [0.05, 0.1) is 4.90 Å². The number of hydrogen-bond acceptors (Lipinski definition) is 5. The van der Waals surface area contributed by atoms with Gasteiger partial charge in [-0.1, -0.05) is 48.0 Å². The number of carbonyl (C=O) groups excluding carboxylic acids is 2. The fourth-order valence-corrected chi connectivity index (χ4v) is 4.02. The lowest BCUT2D eigenvalue weighted by molar-refractivity contribution is -0.146. The zero-order valence-electron chi connectivity index (χ0n) is 17.7. The van der Waals surface area contributed by atoms with E-state index in [-0.39, 0.29) is 17.4 Å². The Morgan fingerprint density at radius 2 is 1.53 bits per heavy atom. The van der Waals surface area contributed by atoms with Crippen molar-refractivity contribution >= 4 is 27.6 Å². The maximum Gasteiger partial charge on any atom is 0.324 e. The predicted octanol–water partition coefficient (Wildman–Crippen LogP) is 3.66. The van der Waals surface area contributed by atoms with Crippen LogP contribution in [0.3, 0.4) is 0 Å². The third kappa shape index (κ3) is 6.26. The number of ether oxygens (including phenoxy) is 1. The van der Waals surface area contributed by atoms with Gasteiger partial charge < -0.3 is 10.1 Å². The summed E-state index contributed by atoms with van der Waals surface area (Å²) in [5.74, 6) is -0.979. The molecule has 0 radical (unpaired) electrons. The smallest absolute Gasteiger partial charge is 0.324 e. The molecule has 166 valence electrons. The van der Waals surface area contributed by atoms with Gasteiger partial charge in [-0.15, -0.1) is 0 Å². The highest BCUT2D eigenvalue weighted by atomic mass is 32.2. The van der Waals surface area contributed by atoms with Crippen molar-refractivity contribution in [3.05, 3.63) is 95.6 Å². The highest BCUT2D eigenvalue weighted by Gasteiger charge is 2.23. The third-order valence-electron chi connectivity index (χ3n) is 4.65. The molecule has 8 heteroatoms. The number of aryl methyl sites for hydroxylation is 1. The average molecular weight is 453 g/mol. The number of sulfonamides is 1. The van der Waals surface area contributed by atoms with Crippen LogP contribution in [0.5, 0.6) is 0 Å². The molecule has 32 heavy (non-hydrogen) atoms. The molecular formula is C24H24N2O5S. The SMILES string of the molecule is Cc1ccc(C(=O)Nc2ccc(S(=O)(=O)N[C@H](C)C(=O)OCc3ccccc3)cc2)cc1. The van der Waals surface area contributed by atoms with Gasteiger partial charge in [-0.2, -0.15) is 4.72 Å². The van der Waals surface area contributed by atoms with Gasteiger partial charge >= 0.3 is 5.97 Å². The molecule has 3 aromatic rings. The summed E-state index contributed by atoms with van der Waals surface area (Å²) in [7, 11) is -3.95. The molecule has 0 aromatic heterocycles. The second-order valence-electron chi connectivity index (χ2n) is 7.28. The van der Waals surface area contributed by atoms with Crippen molar-refractivity contribution < 1.29 is 22.7 Å². The van der Waals surface area contributed by atoms with Crippen LogP contribution in [-0.4, -0.2) is 26.3 Å². The number of amides is 1. The van der Waals surface area contributed by atoms with Gasteiger partial charge in [0.15, 0.2) is 0 Å². The van der Waals surface area contributed by atoms with Crippen molar-refractivity contribution in [1.29, 1.82) is 0 Å². The van der Waals surface area contributed by atoms with Crippen LogP contribution < -0.4 is 10.0 Å². The summed E-state index contributed by atoms with van der Waals surface area (Å²) in [5, 5.41) is 2.72. The molecule has 0 aliphatic carbocycles. The molecule has 1 atom stereocenters. The first-order valence-electron chi connectivity index (χ1n) is 9.95. The average Bonchev–Trinajstić information content (AvgIpc) is 2.78. The minimum atomic E-state index is -3.95. The van der Waals surface area contributed by atoms with Gasteiger partial charge in [0.25, 0.3) is 5.91 Å². The van der Waals surface area contributed by atoms with E-state index >= 15 is 0 Å². The highest BCUT2D eigenvalue weighted by molar-refractivity contribution is 7.89. The van der Waals surface area contributed by atoms with Crippen LogP contribution in [0.4, 0.5) is 5.69 Å². The number of carbonyl (C=O) groups is 2. The molecule has 0 saturated heterocycles. The largest absolute Gasteiger partial charge is 0.460 e. The Labute approximate surface area is 187 Å². The number of esters is 1. The normalized spacial score (nSPS) is 12.1. The number of benzene rings is 3. The molecule has 0 saturated carbocycles. The molecule has 3 aromatic carbocycles. The van der Waals surface area contributed by atoms with E-state index in [0.29, 0.717) is 11.3 Å². The van der Waals surface area contributed by atoms with Crippen molar-refractivity contribution in [3.63, 3.8) is 0 Å². The van der Waals surface area contributed by atoms with Gasteiger partial charge in [0, 0.05) is 11.3 Å². The summed E-state index contributed by atoms with van der Waals surface area (Å²) in [6.45, 7) is 3.40. The zero-order chi connectivity index (χ0) is 23.1. The fourth-order valence-electron chi connectivity index (χ4n) is 2.83. The lowest BCUT2D eigenvalue weighted by Gasteiger charge is -2.14. The Kier molecular flexibility index (Phi) is 7.40. The molecular weight excluding hydrogens is 428 g/mol. The van der Waals surface area contributed by atoms with E-state index in [4.69, 9.17) is 4.74 Å². The van der Waals surface area contributed by atoms with E-state index in [0.717, 1.165) is 11.1 Å². The Bertz CT molecular complexity index is 1180. The molecule has 0 fully saturated rings. The van der Waals surface area contributed by atoms with E-state index in [2.05, 4.69) is 10.0 Å². The highest BCUT2D eigenvalue weighted by Crippen LogP contribution is 2.16. The predicted molar refractivity (Wildman–Crippen MR) is 122 cm³/mol. The van der Waals surface area contributed by atoms with Crippen LogP contribution in [-0.2, 0) is 26.2 Å². The van der Waals surface area contributed by atoms with Crippen molar-refractivity contribution in [3.8, 4) is 0 Å². The minimum Gasteiger partial charge on any atom is -0.460 e. The summed E-state index contributed by atoms with van der Waals surface area (Å²) < 4.78 is 32.7. The van der Waals surface area contributed by atoms with Crippen LogP contribution in [0.1, 0.15) is 28.4 Å². The van der Waals surface area contributed by atoms with Crippen LogP contribution in [0.25, 0.3) is 0 Å². The van der Waals surface area contributed by atoms with E-state index in [9.17, 15) is 18.0 Å². The molecule has 2 N–H and O–H groups in total. The molecule has 0 bridgehead atoms. The number of nitrogens with one attached hydrogen (secondary N) is 2. The standard InChI is InChI=1S/C24H24N2O5S/c1-17-8-10-20(11-9-17)23(27)25-21-12-14-22(15-13-21)32(29,30)26-18(2)24(28)31-16-19-6-4-3-5-7-19/h3-15,18,26H,16H2,1-2H3,(H,25,27)/t18-/m1/s1. The molecule has 0 heterocycles. The van der Waals surface area contributed by atoms with Crippen LogP contribution in [0.2, 0.25) is 0 Å². The van der Waals surface area contributed by atoms with Crippen molar-refractivity contribution in [2.75, 3.05) is 5.32 Å². The lowest BCUT2D eigenvalue weighted by atomic mass is 10.1. The van der Waals surface area contributed by atoms with E-state index in [1.165, 1.54) is 31.2 Å². The van der Waals surface area contributed by atoms with E-state index in [1.54, 1.807) is 24.3 Å². The Balaban J connectivity index is 1.58. The summed E-state index contributed by atoms with van der Waals surface area (Å²) >= 11 is 0. The first-order valence-corrected chi connectivity index (χ1v) is 11.4. The molecule has 3 rings (SSSR count). The zero-order valence-corrected chi connectivity index (χ0v) is 18.6. The summed E-state index contributed by atoms with van der Waals surface area (Å²) in [5.41, 5.74) is 2.79. The van der Waals surface area contributed by atoms with E-state index in [1.807, 2.05) is 37.3 Å². The lowest BCUT2D eigenvalue weighted by Crippen LogP contribution is -2.39. The molecule has 1 amide bonds. The fraction of sp³-hybridized carbons (Fsp3) is 0.167. The third-order valence-corrected chi connectivity index (χ3v) is 6.20. The molecule has 0 spiro atoms. The quantitative estimate of drug-likeness (QED) is 0.508. The van der Waals surface area contributed by atoms with Gasteiger partial charge in [-0.05, 0) is 55.8 Å². The van der Waals surface area contributed by atoms with Gasteiger partial charge in [-0.25, -0.2) is 8.42 Å². The molecule has 0 aliphatic heterocycles. The maximum atomic E-state index is 12.6. The Morgan fingerprint density at radius 3 is 2.16 bits per heavy atom. The van der Waals surface area contributed by atoms with Gasteiger partial charge in [0.2, 0.25) is 10.0 Å². The van der Waals surface area contributed by atoms with E-state index < -0.39 is 22.0 Å². The Hall–Kier alpha value is -3.49. The molecule has 0 unspecified atom stereocenters. The topological polar surface area (TPSA) is 102 Å². The summed E-state index contributed by atoms with van der Waals surface area (Å²) in [6, 6.07) is 20.8. The Morgan fingerprint density at radius 1 is 0.906 bits per heavy atom. The van der Waals surface area contributed by atoms with Crippen molar-refractivity contribution in [2.24, 2.45) is 0 Å². The minimum absolute atomic E-state index is 0.0338. The molecule has 0 aliphatic rings. The van der Waals surface area contributed by atoms with Gasteiger partial charge in [0.1, 0.15) is 12.6 Å². The van der Waals surface area contributed by atoms with Crippen LogP contribution in [0.15, 0.2) is 83.8 Å². The number of anilines is 1. The van der Waals surface area contributed by atoms with Crippen molar-refractivity contribution in [2.45, 2.75) is 31.4 Å². The maximum absolute atomic E-state index is 12.6. The van der Waals surface area contributed by atoms with Crippen molar-refractivity contribution in [1.82, 2.24) is 4.72 Å². The number of rotatable bonds is 8. The second-order valence-corrected chi connectivity index (χ2v) is 8.99. The number of hydrogen-bond donors (Lipinski definition) is 2. The summed E-state index contributed by atoms with van der Waals surface area (Å²) in [6.07, 6.45) is 0. The first-order chi connectivity index (χ1) is 15.2. The second kappa shape index (κ2) is 10.2. The van der Waals surface area contributed by atoms with Gasteiger partial charge in [-0.3, -0.25) is 9.59 Å². The van der Waals surface area contributed by atoms with Crippen LogP contribution >= 0.6 is 0 Å². The van der Waals surface area contributed by atoms with Crippen LogP contribution in [0, 0.1) is 6.92 Å². The summed E-state index contributed by atoms with van der Waals surface area (Å²) in [4.78, 5) is 24.4. The molecule has 7 nitrogen and oxygen atoms in total. The first kappa shape index (κ1) is 23.2. The monoisotopic (exact) mass is 452 g/mol.